The number of benzene rings is 1. The molecular formula is C61H105NO6. The first kappa shape index (κ1) is 62.7. The van der Waals surface area contributed by atoms with Crippen LogP contribution in [0.15, 0.2) is 66.8 Å². The van der Waals surface area contributed by atoms with E-state index < -0.39 is 11.9 Å². The highest BCUT2D eigenvalue weighted by molar-refractivity contribution is 5.66. The fourth-order valence-electron chi connectivity index (χ4n) is 8.70. The van der Waals surface area contributed by atoms with E-state index in [4.69, 9.17) is 19.7 Å². The molecule has 0 amide bonds. The fourth-order valence-corrected chi connectivity index (χ4v) is 8.70. The van der Waals surface area contributed by atoms with Crippen LogP contribution in [-0.4, -0.2) is 54.4 Å². The normalized spacial score (nSPS) is 12.0. The predicted octanol–water partition coefficient (Wildman–Crippen LogP) is 18.5. The Labute approximate surface area is 419 Å². The second-order valence-corrected chi connectivity index (χ2v) is 19.9. The lowest BCUT2D eigenvalue weighted by molar-refractivity contribution is -0.138. The van der Waals surface area contributed by atoms with Gasteiger partial charge in [0, 0.05) is 25.5 Å². The first-order valence-electron chi connectivity index (χ1n) is 28.4. The van der Waals surface area contributed by atoms with Crippen molar-refractivity contribution in [2.75, 3.05) is 27.3 Å². The van der Waals surface area contributed by atoms with E-state index in [9.17, 15) is 9.59 Å². The summed E-state index contributed by atoms with van der Waals surface area (Å²) in [6, 6.07) is 6.47. The fraction of sp³-hybridized carbons (Fsp3) is 0.738. The van der Waals surface area contributed by atoms with Crippen molar-refractivity contribution in [3.8, 4) is 11.5 Å². The van der Waals surface area contributed by atoms with Gasteiger partial charge in [0.1, 0.15) is 11.5 Å². The monoisotopic (exact) mass is 948 g/mol. The molecule has 0 heterocycles. The topological polar surface area (TPSA) is 96.3 Å². The Morgan fingerprint density at radius 2 is 0.647 bits per heavy atom. The second kappa shape index (κ2) is 50.1. The average Bonchev–Trinajstić information content (AvgIpc) is 3.30. The summed E-state index contributed by atoms with van der Waals surface area (Å²) in [6.07, 6.45) is 65.8. The van der Waals surface area contributed by atoms with E-state index in [1.165, 1.54) is 173 Å². The van der Waals surface area contributed by atoms with E-state index >= 15 is 0 Å². The zero-order valence-corrected chi connectivity index (χ0v) is 44.2. The number of carbonyl (C=O) groups is 2. The molecule has 1 aromatic carbocycles. The van der Waals surface area contributed by atoms with Gasteiger partial charge in [-0.2, -0.15) is 0 Å². The molecule has 1 aromatic rings. The molecule has 0 fully saturated rings. The second-order valence-electron chi connectivity index (χ2n) is 19.9. The first-order valence-corrected chi connectivity index (χ1v) is 28.4. The van der Waals surface area contributed by atoms with E-state index in [1.807, 2.05) is 0 Å². The Bertz CT molecular complexity index is 1300. The zero-order valence-electron chi connectivity index (χ0n) is 44.2. The number of unbranched alkanes of at least 4 members (excludes halogenated alkanes) is 32. The summed E-state index contributed by atoms with van der Waals surface area (Å²) in [5.74, 6) is 0.537. The summed E-state index contributed by atoms with van der Waals surface area (Å²) in [4.78, 5) is 23.3. The van der Waals surface area contributed by atoms with E-state index in [2.05, 4.69) is 85.8 Å². The molecule has 7 heteroatoms. The molecule has 7 nitrogen and oxygen atoms in total. The smallest absolute Gasteiger partial charge is 0.303 e. The maximum absolute atomic E-state index is 10.5. The van der Waals surface area contributed by atoms with Crippen molar-refractivity contribution >= 4 is 11.9 Å². The molecular weight excluding hydrogens is 843 g/mol. The van der Waals surface area contributed by atoms with Crippen LogP contribution in [0.2, 0.25) is 0 Å². The molecule has 68 heavy (non-hydrogen) atoms. The third-order valence-electron chi connectivity index (χ3n) is 12.7. The quantitative estimate of drug-likeness (QED) is 0.0496. The van der Waals surface area contributed by atoms with Gasteiger partial charge in [-0.15, -0.1) is 0 Å². The largest absolute Gasteiger partial charge is 0.493 e. The number of hydrogen-bond acceptors (Lipinski definition) is 5. The van der Waals surface area contributed by atoms with Crippen molar-refractivity contribution in [2.45, 2.75) is 263 Å². The van der Waals surface area contributed by atoms with Gasteiger partial charge in [0.15, 0.2) is 0 Å². The van der Waals surface area contributed by atoms with Gasteiger partial charge in [0.25, 0.3) is 0 Å². The number of nitrogens with zero attached hydrogens (tertiary/aromatic N) is 1. The summed E-state index contributed by atoms with van der Waals surface area (Å²) in [5, 5.41) is 17.4. The number of rotatable bonds is 52. The van der Waals surface area contributed by atoms with Gasteiger partial charge in [-0.1, -0.05) is 203 Å². The van der Waals surface area contributed by atoms with E-state index in [0.717, 1.165) is 108 Å². The summed E-state index contributed by atoms with van der Waals surface area (Å²) < 4.78 is 12.5. The SMILES string of the molecule is CN(C)Cc1cc(OCCCCCCCCCCCCCC=CCC=CCCCCCCCC(=O)O)cc(OCCCCCCCCCCCCCC=CCC=CCCCCCCCC(=O)O)c1. The lowest BCUT2D eigenvalue weighted by Crippen LogP contribution is -2.11. The van der Waals surface area contributed by atoms with Crippen LogP contribution in [-0.2, 0) is 16.1 Å². The maximum Gasteiger partial charge on any atom is 0.303 e. The standard InChI is InChI=1S/C61H105NO6/c1-62(2)56-57-53-58(67-51-47-43-39-35-31-27-23-19-15-11-7-3-5-9-13-17-21-25-29-33-37-41-45-49-60(63)64)55-59(54-57)68-52-48-44-40-36-32-28-24-20-16-12-8-4-6-10-14-18-22-26-30-34-38-42-46-50-61(65)66/h5-6,9-10,17-18,21-22,53-55H,3-4,7-8,11-16,19-20,23-52,56H2,1-2H3,(H,63,64)(H,65,66). The number of allylic oxidation sites excluding steroid dienone is 8. The molecule has 0 aromatic heterocycles. The number of hydrogen-bond donors (Lipinski definition) is 2. The van der Waals surface area contributed by atoms with Crippen LogP contribution in [0.4, 0.5) is 0 Å². The molecule has 0 aliphatic heterocycles. The van der Waals surface area contributed by atoms with Gasteiger partial charge < -0.3 is 24.6 Å². The zero-order chi connectivity index (χ0) is 49.1. The third-order valence-corrected chi connectivity index (χ3v) is 12.7. The average molecular weight is 949 g/mol. The molecule has 0 radical (unpaired) electrons. The molecule has 390 valence electrons. The van der Waals surface area contributed by atoms with Crippen LogP contribution < -0.4 is 9.47 Å². The van der Waals surface area contributed by atoms with Gasteiger partial charge in [0.2, 0.25) is 0 Å². The van der Waals surface area contributed by atoms with Crippen LogP contribution >= 0.6 is 0 Å². The van der Waals surface area contributed by atoms with Crippen LogP contribution in [0.5, 0.6) is 11.5 Å². The minimum Gasteiger partial charge on any atom is -0.493 e. The van der Waals surface area contributed by atoms with Gasteiger partial charge >= 0.3 is 11.9 Å². The Morgan fingerprint density at radius 3 is 0.926 bits per heavy atom. The third kappa shape index (κ3) is 47.7. The molecule has 0 unspecified atom stereocenters. The van der Waals surface area contributed by atoms with Crippen molar-refractivity contribution in [3.63, 3.8) is 0 Å². The highest BCUT2D eigenvalue weighted by Gasteiger charge is 2.06. The summed E-state index contributed by atoms with van der Waals surface area (Å²) in [6.45, 7) is 2.43. The predicted molar refractivity (Wildman–Crippen MR) is 291 cm³/mol. The Balaban J connectivity index is 1.96. The summed E-state index contributed by atoms with van der Waals surface area (Å²) in [7, 11) is 4.23. The van der Waals surface area contributed by atoms with Crippen molar-refractivity contribution < 1.29 is 29.3 Å². The van der Waals surface area contributed by atoms with Crippen molar-refractivity contribution in [3.05, 3.63) is 72.4 Å². The lowest BCUT2D eigenvalue weighted by atomic mass is 10.1. The Kier molecular flexibility index (Phi) is 46.2. The first-order chi connectivity index (χ1) is 33.4. The summed E-state index contributed by atoms with van der Waals surface area (Å²) in [5.41, 5.74) is 1.25. The molecule has 0 aliphatic rings. The van der Waals surface area contributed by atoms with Crippen LogP contribution in [0.25, 0.3) is 0 Å². The van der Waals surface area contributed by atoms with Gasteiger partial charge in [-0.3, -0.25) is 9.59 Å². The van der Waals surface area contributed by atoms with E-state index in [0.29, 0.717) is 12.8 Å². The number of aliphatic carboxylic acids is 2. The van der Waals surface area contributed by atoms with E-state index in [1.54, 1.807) is 0 Å². The maximum atomic E-state index is 10.5. The molecule has 0 saturated carbocycles. The van der Waals surface area contributed by atoms with Crippen LogP contribution in [0.3, 0.4) is 0 Å². The minimum atomic E-state index is -0.674. The van der Waals surface area contributed by atoms with Gasteiger partial charge in [0.05, 0.1) is 13.2 Å². The van der Waals surface area contributed by atoms with Crippen LogP contribution in [0, 0.1) is 0 Å². The van der Waals surface area contributed by atoms with Crippen molar-refractivity contribution in [1.82, 2.24) is 4.90 Å². The summed E-state index contributed by atoms with van der Waals surface area (Å²) >= 11 is 0. The molecule has 0 spiro atoms. The highest BCUT2D eigenvalue weighted by Crippen LogP contribution is 2.25. The number of carboxylic acids is 2. The van der Waals surface area contributed by atoms with Gasteiger partial charge in [-0.25, -0.2) is 0 Å². The van der Waals surface area contributed by atoms with Gasteiger partial charge in [-0.05, 0) is 122 Å². The minimum absolute atomic E-state index is 0.312. The molecule has 0 bridgehead atoms. The Hall–Kier alpha value is -3.32. The number of carboxylic acid groups (broad SMARTS) is 2. The molecule has 1 rings (SSSR count). The molecule has 2 N–H and O–H groups in total. The number of ether oxygens (including phenoxy) is 2. The Morgan fingerprint density at radius 1 is 0.382 bits per heavy atom. The van der Waals surface area contributed by atoms with Crippen molar-refractivity contribution in [2.24, 2.45) is 0 Å². The molecule has 0 saturated heterocycles. The molecule has 0 atom stereocenters. The van der Waals surface area contributed by atoms with E-state index in [-0.39, 0.29) is 0 Å². The van der Waals surface area contributed by atoms with Crippen LogP contribution in [0.1, 0.15) is 262 Å². The lowest BCUT2D eigenvalue weighted by Gasteiger charge is -2.15. The highest BCUT2D eigenvalue weighted by atomic mass is 16.5. The van der Waals surface area contributed by atoms with Crippen molar-refractivity contribution in [1.29, 1.82) is 0 Å². The molecule has 0 aliphatic carbocycles.